The fraction of sp³-hybridized carbons (Fsp3) is 0.875. The van der Waals surface area contributed by atoms with Gasteiger partial charge >= 0.3 is 0 Å². The quantitative estimate of drug-likeness (QED) is 0.792. The molecule has 2 atom stereocenters. The Morgan fingerprint density at radius 2 is 1.86 bits per heavy atom. The summed E-state index contributed by atoms with van der Waals surface area (Å²) in [7, 11) is 3.62. The molecule has 2 unspecified atom stereocenters. The van der Waals surface area contributed by atoms with Crippen LogP contribution in [0.25, 0.3) is 0 Å². The van der Waals surface area contributed by atoms with Gasteiger partial charge < -0.3 is 9.80 Å². The zero-order valence-corrected chi connectivity index (χ0v) is 15.2. The molecule has 1 saturated heterocycles. The molecule has 1 aliphatic rings. The highest BCUT2D eigenvalue weighted by atomic mass is 32.1. The Bertz CT molecular complexity index is 404. The average molecular weight is 314 g/mol. The van der Waals surface area contributed by atoms with Gasteiger partial charge in [-0.3, -0.25) is 9.59 Å². The van der Waals surface area contributed by atoms with Gasteiger partial charge in [0.25, 0.3) is 0 Å². The summed E-state index contributed by atoms with van der Waals surface area (Å²) in [5.41, 5.74) is -0.330. The monoisotopic (exact) mass is 314 g/mol. The second-order valence-corrected chi connectivity index (χ2v) is 8.40. The molecule has 1 aliphatic heterocycles. The lowest BCUT2D eigenvalue weighted by Crippen LogP contribution is -2.42. The van der Waals surface area contributed by atoms with E-state index in [-0.39, 0.29) is 17.2 Å². The molecule has 0 bridgehead atoms. The van der Waals surface area contributed by atoms with E-state index in [9.17, 15) is 9.59 Å². The van der Waals surface area contributed by atoms with Gasteiger partial charge in [-0.25, -0.2) is 0 Å². The largest absolute Gasteiger partial charge is 0.348 e. The minimum atomic E-state index is -0.623. The average Bonchev–Trinajstić information content (AvgIpc) is 2.83. The normalized spacial score (nSPS) is 22.0. The molecule has 0 N–H and O–H groups in total. The van der Waals surface area contributed by atoms with E-state index in [2.05, 4.69) is 19.6 Å². The summed E-state index contributed by atoms with van der Waals surface area (Å²) in [6.45, 7) is 9.30. The smallest absolute Gasteiger partial charge is 0.237 e. The molecule has 0 spiro atoms. The Hall–Kier alpha value is -0.710. The molecule has 21 heavy (non-hydrogen) atoms. The molecule has 2 amide bonds. The summed E-state index contributed by atoms with van der Waals surface area (Å²) >= 11 is 4.37. The highest BCUT2D eigenvalue weighted by molar-refractivity contribution is 7.82. The van der Waals surface area contributed by atoms with Crippen molar-refractivity contribution in [3.05, 3.63) is 0 Å². The molecule has 0 aromatic rings. The maximum absolute atomic E-state index is 12.4. The Kier molecular flexibility index (Phi) is 5.76. The molecule has 4 nitrogen and oxygen atoms in total. The van der Waals surface area contributed by atoms with Crippen molar-refractivity contribution in [3.63, 3.8) is 0 Å². The summed E-state index contributed by atoms with van der Waals surface area (Å²) in [6, 6.07) is 0. The van der Waals surface area contributed by atoms with E-state index >= 15 is 0 Å². The van der Waals surface area contributed by atoms with Crippen LogP contribution >= 0.6 is 12.6 Å². The molecule has 0 aromatic heterocycles. The van der Waals surface area contributed by atoms with Gasteiger partial charge in [0.2, 0.25) is 11.8 Å². The highest BCUT2D eigenvalue weighted by Gasteiger charge is 2.39. The zero-order valence-electron chi connectivity index (χ0n) is 14.3. The van der Waals surface area contributed by atoms with Crippen LogP contribution in [0.2, 0.25) is 0 Å². The third kappa shape index (κ3) is 4.38. The lowest BCUT2D eigenvalue weighted by molar-refractivity contribution is -0.139. The number of nitrogens with zero attached hydrogens (tertiary/aromatic N) is 2. The standard InChI is InChI=1S/C16H30N2O2S/c1-7-16(4,14(20)17(5)6)10-12-8-9-18(11-12)13(19)15(2,3)21/h12,21H,7-11H2,1-6H3. The van der Waals surface area contributed by atoms with Crippen molar-refractivity contribution in [2.24, 2.45) is 11.3 Å². The van der Waals surface area contributed by atoms with Crippen LogP contribution in [0.15, 0.2) is 0 Å². The number of thiol groups is 1. The van der Waals surface area contributed by atoms with E-state index in [1.54, 1.807) is 4.90 Å². The van der Waals surface area contributed by atoms with Crippen LogP contribution in [-0.4, -0.2) is 53.5 Å². The van der Waals surface area contributed by atoms with Crippen molar-refractivity contribution in [2.45, 2.75) is 51.7 Å². The second-order valence-electron chi connectivity index (χ2n) is 7.28. The molecule has 0 saturated carbocycles. The topological polar surface area (TPSA) is 40.6 Å². The maximum Gasteiger partial charge on any atom is 0.237 e. The first-order chi connectivity index (χ1) is 9.51. The Balaban J connectivity index is 2.69. The van der Waals surface area contributed by atoms with E-state index in [1.807, 2.05) is 39.8 Å². The van der Waals surface area contributed by atoms with Crippen LogP contribution in [-0.2, 0) is 9.59 Å². The van der Waals surface area contributed by atoms with Crippen molar-refractivity contribution >= 4 is 24.4 Å². The summed E-state index contributed by atoms with van der Waals surface area (Å²) < 4.78 is -0.623. The first-order valence-corrected chi connectivity index (χ1v) is 8.19. The molecule has 1 fully saturated rings. The SMILES string of the molecule is CCC(C)(CC1CCN(C(=O)C(C)(C)S)C1)C(=O)N(C)C. The van der Waals surface area contributed by atoms with Gasteiger partial charge in [0.15, 0.2) is 0 Å². The summed E-state index contributed by atoms with van der Waals surface area (Å²) in [4.78, 5) is 28.2. The molecular formula is C16H30N2O2S. The lowest BCUT2D eigenvalue weighted by Gasteiger charge is -2.32. The Morgan fingerprint density at radius 1 is 1.29 bits per heavy atom. The predicted molar refractivity (Wildman–Crippen MR) is 89.5 cm³/mol. The van der Waals surface area contributed by atoms with Gasteiger partial charge in [-0.15, -0.1) is 0 Å². The van der Waals surface area contributed by atoms with E-state index in [0.29, 0.717) is 5.92 Å². The van der Waals surface area contributed by atoms with Gasteiger partial charge in [0.1, 0.15) is 0 Å². The number of rotatable bonds is 5. The van der Waals surface area contributed by atoms with Crippen molar-refractivity contribution in [1.82, 2.24) is 9.80 Å². The molecule has 122 valence electrons. The zero-order chi connectivity index (χ0) is 16.4. The van der Waals surface area contributed by atoms with Crippen LogP contribution in [0.4, 0.5) is 0 Å². The maximum atomic E-state index is 12.4. The van der Waals surface area contributed by atoms with Crippen molar-refractivity contribution in [2.75, 3.05) is 27.2 Å². The van der Waals surface area contributed by atoms with E-state index in [1.165, 1.54) is 0 Å². The lowest BCUT2D eigenvalue weighted by atomic mass is 9.77. The first kappa shape index (κ1) is 18.3. The first-order valence-electron chi connectivity index (χ1n) is 7.74. The third-order valence-electron chi connectivity index (χ3n) is 4.54. The number of likely N-dealkylation sites (tertiary alicyclic amines) is 1. The highest BCUT2D eigenvalue weighted by Crippen LogP contribution is 2.36. The van der Waals surface area contributed by atoms with Gasteiger partial charge in [0.05, 0.1) is 4.75 Å². The number of carbonyl (C=O) groups is 2. The van der Waals surface area contributed by atoms with Gasteiger partial charge in [-0.05, 0) is 39.0 Å². The predicted octanol–water partition coefficient (Wildman–Crippen LogP) is 2.44. The minimum Gasteiger partial charge on any atom is -0.348 e. The van der Waals surface area contributed by atoms with E-state index in [0.717, 1.165) is 32.4 Å². The fourth-order valence-electron chi connectivity index (χ4n) is 3.13. The van der Waals surface area contributed by atoms with Crippen LogP contribution in [0.3, 0.4) is 0 Å². The van der Waals surface area contributed by atoms with Crippen molar-refractivity contribution < 1.29 is 9.59 Å². The van der Waals surface area contributed by atoms with Crippen LogP contribution < -0.4 is 0 Å². The van der Waals surface area contributed by atoms with Crippen LogP contribution in [0.1, 0.15) is 47.0 Å². The molecular weight excluding hydrogens is 284 g/mol. The number of hydrogen-bond acceptors (Lipinski definition) is 3. The number of amides is 2. The fourth-order valence-corrected chi connectivity index (χ4v) is 3.27. The van der Waals surface area contributed by atoms with Crippen molar-refractivity contribution in [1.29, 1.82) is 0 Å². The van der Waals surface area contributed by atoms with Gasteiger partial charge in [-0.1, -0.05) is 13.8 Å². The summed E-state index contributed by atoms with van der Waals surface area (Å²) in [6.07, 6.45) is 2.65. The van der Waals surface area contributed by atoms with E-state index < -0.39 is 4.75 Å². The second kappa shape index (κ2) is 6.59. The Labute approximate surface area is 134 Å². The van der Waals surface area contributed by atoms with Crippen LogP contribution in [0, 0.1) is 11.3 Å². The molecule has 5 heteroatoms. The molecule has 1 heterocycles. The third-order valence-corrected chi connectivity index (χ3v) is 4.73. The van der Waals surface area contributed by atoms with E-state index in [4.69, 9.17) is 0 Å². The minimum absolute atomic E-state index is 0.0884. The number of carbonyl (C=O) groups excluding carboxylic acids is 2. The molecule has 1 rings (SSSR count). The van der Waals surface area contributed by atoms with Crippen molar-refractivity contribution in [3.8, 4) is 0 Å². The van der Waals surface area contributed by atoms with Crippen LogP contribution in [0.5, 0.6) is 0 Å². The van der Waals surface area contributed by atoms with Gasteiger partial charge in [-0.2, -0.15) is 12.6 Å². The van der Waals surface area contributed by atoms with Gasteiger partial charge in [0, 0.05) is 32.6 Å². The summed E-state index contributed by atoms with van der Waals surface area (Å²) in [5, 5.41) is 0. The molecule has 0 radical (unpaired) electrons. The number of hydrogen-bond donors (Lipinski definition) is 1. The molecule has 0 aliphatic carbocycles. The molecule has 0 aromatic carbocycles. The Morgan fingerprint density at radius 3 is 2.29 bits per heavy atom. The summed E-state index contributed by atoms with van der Waals surface area (Å²) in [5.74, 6) is 0.674.